The van der Waals surface area contributed by atoms with Crippen molar-refractivity contribution in [2.45, 2.75) is 37.9 Å². The zero-order valence-electron chi connectivity index (χ0n) is 21.0. The molecule has 38 heavy (non-hydrogen) atoms. The lowest BCUT2D eigenvalue weighted by Crippen LogP contribution is -2.48. The number of urea groups is 1. The number of aromatic nitrogens is 3. The van der Waals surface area contributed by atoms with Crippen LogP contribution in [0.2, 0.25) is 0 Å². The van der Waals surface area contributed by atoms with Gasteiger partial charge in [-0.25, -0.2) is 23.2 Å². The Bertz CT molecular complexity index is 1430. The number of pyridine rings is 1. The maximum atomic E-state index is 12.3. The summed E-state index contributed by atoms with van der Waals surface area (Å²) in [4.78, 5) is 28.6. The van der Waals surface area contributed by atoms with Crippen LogP contribution in [0.15, 0.2) is 48.8 Å². The fourth-order valence-electron chi connectivity index (χ4n) is 5.40. The van der Waals surface area contributed by atoms with Gasteiger partial charge in [0.2, 0.25) is 10.0 Å². The lowest BCUT2D eigenvalue weighted by Gasteiger charge is -2.38. The normalized spacial score (nSPS) is 21.1. The summed E-state index contributed by atoms with van der Waals surface area (Å²) in [6, 6.07) is 11.0. The molecule has 2 bridgehead atoms. The van der Waals surface area contributed by atoms with Gasteiger partial charge >= 0.3 is 6.03 Å². The molecule has 2 aromatic heterocycles. The van der Waals surface area contributed by atoms with Crippen LogP contribution in [0.5, 0.6) is 0 Å². The molecule has 3 aliphatic heterocycles. The number of carbonyl (C=O) groups is 1. The monoisotopic (exact) mass is 535 g/mol. The molecule has 2 atom stereocenters. The van der Waals surface area contributed by atoms with Crippen LogP contribution in [0.4, 0.5) is 22.0 Å². The van der Waals surface area contributed by atoms with E-state index in [2.05, 4.69) is 20.5 Å². The molecular formula is C26H29N7O4S. The minimum atomic E-state index is -3.33. The Labute approximate surface area is 221 Å². The first-order valence-electron chi connectivity index (χ1n) is 12.6. The number of nitrogens with one attached hydrogen (secondary N) is 2. The van der Waals surface area contributed by atoms with E-state index in [4.69, 9.17) is 14.7 Å². The summed E-state index contributed by atoms with van der Waals surface area (Å²) < 4.78 is 32.0. The van der Waals surface area contributed by atoms with Gasteiger partial charge in [-0.3, -0.25) is 4.98 Å². The Morgan fingerprint density at radius 1 is 1.03 bits per heavy atom. The second-order valence-corrected chi connectivity index (χ2v) is 11.9. The molecule has 3 aromatic rings. The Morgan fingerprint density at radius 2 is 1.76 bits per heavy atom. The average molecular weight is 536 g/mol. The first-order valence-corrected chi connectivity index (χ1v) is 14.5. The van der Waals surface area contributed by atoms with E-state index in [1.54, 1.807) is 24.5 Å². The van der Waals surface area contributed by atoms with Crippen molar-refractivity contribution in [2.75, 3.05) is 41.5 Å². The standard InChI is InChI=1S/C26H29N7O4S/c1-38(35,36)32-12-10-23-22(14-32)25(33-20-8-9-21(33)16-37-15-20)31-24(30-23)17-4-6-18(7-5-17)28-26(34)29-19-3-2-11-27-13-19/h2-7,11,13,20-21H,8-10,12,14-16H2,1H3,(H2,28,29,34). The number of hydrogen-bond acceptors (Lipinski definition) is 8. The molecule has 0 aliphatic carbocycles. The SMILES string of the molecule is CS(=O)(=O)N1CCc2nc(-c3ccc(NC(=O)Nc4cccnc4)cc3)nc(N3C4CCC3COC4)c2C1. The Kier molecular flexibility index (Phi) is 6.46. The molecule has 1 aromatic carbocycles. The van der Waals surface area contributed by atoms with Crippen LogP contribution in [0, 0.1) is 0 Å². The summed E-state index contributed by atoms with van der Waals surface area (Å²) in [5, 5.41) is 5.56. The van der Waals surface area contributed by atoms with Crippen molar-refractivity contribution in [3.63, 3.8) is 0 Å². The molecule has 11 nitrogen and oxygen atoms in total. The van der Waals surface area contributed by atoms with Crippen LogP contribution in [-0.2, 0) is 27.7 Å². The number of rotatable bonds is 5. The van der Waals surface area contributed by atoms with Crippen LogP contribution in [-0.4, -0.2) is 71.8 Å². The predicted octanol–water partition coefficient (Wildman–Crippen LogP) is 2.87. The summed E-state index contributed by atoms with van der Waals surface area (Å²) in [7, 11) is -3.33. The number of morpholine rings is 1. The number of sulfonamides is 1. The van der Waals surface area contributed by atoms with Crippen molar-refractivity contribution in [3.8, 4) is 11.4 Å². The lowest BCUT2D eigenvalue weighted by atomic mass is 10.0. The Hall–Kier alpha value is -3.61. The van der Waals surface area contributed by atoms with Gasteiger partial charge in [0.25, 0.3) is 0 Å². The molecule has 198 valence electrons. The van der Waals surface area contributed by atoms with Crippen molar-refractivity contribution >= 4 is 33.2 Å². The third kappa shape index (κ3) is 4.94. The van der Waals surface area contributed by atoms with Gasteiger partial charge in [0.05, 0.1) is 49.1 Å². The summed E-state index contributed by atoms with van der Waals surface area (Å²) in [5.74, 6) is 1.40. The van der Waals surface area contributed by atoms with Gasteiger partial charge in [-0.1, -0.05) is 0 Å². The number of anilines is 3. The van der Waals surface area contributed by atoms with E-state index in [0.717, 1.165) is 35.5 Å². The van der Waals surface area contributed by atoms with Gasteiger partial charge in [-0.05, 0) is 49.2 Å². The maximum absolute atomic E-state index is 12.3. The van der Waals surface area contributed by atoms with Gasteiger partial charge in [0, 0.05) is 42.5 Å². The summed E-state index contributed by atoms with van der Waals surface area (Å²) in [6.45, 7) is 1.95. The fraction of sp³-hybridized carbons (Fsp3) is 0.385. The Morgan fingerprint density at radius 3 is 2.45 bits per heavy atom. The van der Waals surface area contributed by atoms with Gasteiger partial charge in [-0.2, -0.15) is 4.31 Å². The fourth-order valence-corrected chi connectivity index (χ4v) is 6.19. The summed E-state index contributed by atoms with van der Waals surface area (Å²) >= 11 is 0. The average Bonchev–Trinajstić information content (AvgIpc) is 3.15. The second kappa shape index (κ2) is 9.93. The van der Waals surface area contributed by atoms with E-state index in [1.807, 2.05) is 24.3 Å². The van der Waals surface area contributed by atoms with Crippen LogP contribution >= 0.6 is 0 Å². The molecular weight excluding hydrogens is 506 g/mol. The van der Waals surface area contributed by atoms with Gasteiger partial charge < -0.3 is 20.3 Å². The molecule has 0 saturated carbocycles. The molecule has 0 radical (unpaired) electrons. The van der Waals surface area contributed by atoms with Crippen molar-refractivity contribution in [2.24, 2.45) is 0 Å². The third-order valence-corrected chi connectivity index (χ3v) is 8.53. The quantitative estimate of drug-likeness (QED) is 0.510. The van der Waals surface area contributed by atoms with Crippen LogP contribution in [0.1, 0.15) is 24.1 Å². The van der Waals surface area contributed by atoms with Crippen molar-refractivity contribution < 1.29 is 17.9 Å². The van der Waals surface area contributed by atoms with E-state index in [1.165, 1.54) is 10.6 Å². The zero-order chi connectivity index (χ0) is 26.3. The van der Waals surface area contributed by atoms with Crippen molar-refractivity contribution in [1.29, 1.82) is 0 Å². The highest BCUT2D eigenvalue weighted by atomic mass is 32.2. The molecule has 5 heterocycles. The molecule has 2 unspecified atom stereocenters. The van der Waals surface area contributed by atoms with Crippen LogP contribution in [0.25, 0.3) is 11.4 Å². The van der Waals surface area contributed by atoms with E-state index in [9.17, 15) is 13.2 Å². The highest BCUT2D eigenvalue weighted by Crippen LogP contribution is 2.38. The second-order valence-electron chi connectivity index (χ2n) is 9.87. The molecule has 2 saturated heterocycles. The van der Waals surface area contributed by atoms with Gasteiger partial charge in [0.1, 0.15) is 5.82 Å². The van der Waals surface area contributed by atoms with Crippen molar-refractivity contribution in [1.82, 2.24) is 19.3 Å². The summed E-state index contributed by atoms with van der Waals surface area (Å²) in [5.41, 5.74) is 3.81. The minimum Gasteiger partial charge on any atom is -0.377 e. The first kappa shape index (κ1) is 24.7. The predicted molar refractivity (Wildman–Crippen MR) is 143 cm³/mol. The highest BCUT2D eigenvalue weighted by Gasteiger charge is 2.41. The van der Waals surface area contributed by atoms with E-state index < -0.39 is 10.0 Å². The van der Waals surface area contributed by atoms with Crippen LogP contribution < -0.4 is 15.5 Å². The smallest absolute Gasteiger partial charge is 0.323 e. The van der Waals surface area contributed by atoms with E-state index >= 15 is 0 Å². The molecule has 2 N–H and O–H groups in total. The minimum absolute atomic E-state index is 0.221. The zero-order valence-corrected chi connectivity index (χ0v) is 21.8. The van der Waals surface area contributed by atoms with E-state index in [-0.39, 0.29) is 24.7 Å². The third-order valence-electron chi connectivity index (χ3n) is 7.28. The first-order chi connectivity index (χ1) is 18.3. The molecule has 2 amide bonds. The number of carbonyl (C=O) groups excluding carboxylic acids is 1. The van der Waals surface area contributed by atoms with Crippen LogP contribution in [0.3, 0.4) is 0 Å². The topological polar surface area (TPSA) is 130 Å². The molecule has 2 fully saturated rings. The number of ether oxygens (including phenoxy) is 1. The largest absolute Gasteiger partial charge is 0.377 e. The van der Waals surface area contributed by atoms with Gasteiger partial charge in [0.15, 0.2) is 5.82 Å². The summed E-state index contributed by atoms with van der Waals surface area (Å²) in [6.07, 6.45) is 7.04. The van der Waals surface area contributed by atoms with Crippen molar-refractivity contribution in [3.05, 3.63) is 60.0 Å². The molecule has 0 spiro atoms. The number of amides is 2. The number of benzene rings is 1. The number of nitrogens with zero attached hydrogens (tertiary/aromatic N) is 5. The Balaban J connectivity index is 1.29. The maximum Gasteiger partial charge on any atom is 0.323 e. The highest BCUT2D eigenvalue weighted by molar-refractivity contribution is 7.88. The molecule has 3 aliphatic rings. The lowest BCUT2D eigenvalue weighted by molar-refractivity contribution is 0.0900. The molecule has 12 heteroatoms. The van der Waals surface area contributed by atoms with E-state index in [0.29, 0.717) is 43.4 Å². The number of hydrogen-bond donors (Lipinski definition) is 2. The molecule has 6 rings (SSSR count). The number of fused-ring (bicyclic) bond motifs is 3. The van der Waals surface area contributed by atoms with Gasteiger partial charge in [-0.15, -0.1) is 0 Å².